The number of amides is 1. The standard InChI is InChI=1S/C13H12ClFN4O2/c1-21-10-4-2-3-9(15)7(10)5-17-12-8(11(16)20)6-18-13(14)19-12/h2-4,6H,5H2,1H3,(H2,16,20)(H,17,18,19). The topological polar surface area (TPSA) is 90.1 Å². The minimum Gasteiger partial charge on any atom is -0.496 e. The second kappa shape index (κ2) is 6.36. The van der Waals surface area contributed by atoms with Gasteiger partial charge in [0.25, 0.3) is 5.91 Å². The van der Waals surface area contributed by atoms with Gasteiger partial charge < -0.3 is 15.8 Å². The fourth-order valence-corrected chi connectivity index (χ4v) is 1.88. The molecule has 0 aliphatic carbocycles. The largest absolute Gasteiger partial charge is 0.496 e. The van der Waals surface area contributed by atoms with Crippen molar-refractivity contribution >= 4 is 23.3 Å². The highest BCUT2D eigenvalue weighted by molar-refractivity contribution is 6.28. The van der Waals surface area contributed by atoms with Crippen molar-refractivity contribution in [3.8, 4) is 5.75 Å². The molecule has 0 saturated carbocycles. The number of rotatable bonds is 5. The van der Waals surface area contributed by atoms with Crippen molar-refractivity contribution in [3.05, 3.63) is 46.6 Å². The number of halogens is 2. The van der Waals surface area contributed by atoms with Crippen LogP contribution in [0.1, 0.15) is 15.9 Å². The maximum absolute atomic E-state index is 13.8. The molecule has 0 atom stereocenters. The molecular formula is C13H12ClFN4O2. The molecule has 8 heteroatoms. The predicted octanol–water partition coefficient (Wildman–Crippen LogP) is 1.99. The third-order valence-electron chi connectivity index (χ3n) is 2.75. The Hall–Kier alpha value is -2.41. The van der Waals surface area contributed by atoms with Crippen molar-refractivity contribution < 1.29 is 13.9 Å². The lowest BCUT2D eigenvalue weighted by atomic mass is 10.2. The Labute approximate surface area is 125 Å². The third kappa shape index (κ3) is 3.38. The summed E-state index contributed by atoms with van der Waals surface area (Å²) < 4.78 is 18.9. The Morgan fingerprint density at radius 3 is 2.95 bits per heavy atom. The molecule has 110 valence electrons. The van der Waals surface area contributed by atoms with Gasteiger partial charge in [-0.15, -0.1) is 0 Å². The van der Waals surface area contributed by atoms with Crippen LogP contribution in [-0.2, 0) is 6.54 Å². The van der Waals surface area contributed by atoms with E-state index in [4.69, 9.17) is 22.1 Å². The highest BCUT2D eigenvalue weighted by atomic mass is 35.5. The highest BCUT2D eigenvalue weighted by Crippen LogP contribution is 2.23. The first-order valence-electron chi connectivity index (χ1n) is 5.90. The summed E-state index contributed by atoms with van der Waals surface area (Å²) >= 11 is 5.68. The molecule has 1 heterocycles. The van der Waals surface area contributed by atoms with E-state index in [1.165, 1.54) is 25.4 Å². The zero-order valence-corrected chi connectivity index (χ0v) is 11.8. The first-order valence-corrected chi connectivity index (χ1v) is 6.28. The smallest absolute Gasteiger partial charge is 0.254 e. The average molecular weight is 311 g/mol. The van der Waals surface area contributed by atoms with Gasteiger partial charge in [0.15, 0.2) is 0 Å². The molecule has 21 heavy (non-hydrogen) atoms. The SMILES string of the molecule is COc1cccc(F)c1CNc1nc(Cl)ncc1C(N)=O. The number of primary amides is 1. The summed E-state index contributed by atoms with van der Waals surface area (Å²) in [6.45, 7) is 0.0451. The molecule has 0 bridgehead atoms. The van der Waals surface area contributed by atoms with Gasteiger partial charge in [0.05, 0.1) is 12.7 Å². The van der Waals surface area contributed by atoms with E-state index in [1.807, 2.05) is 0 Å². The van der Waals surface area contributed by atoms with E-state index >= 15 is 0 Å². The Morgan fingerprint density at radius 1 is 1.52 bits per heavy atom. The summed E-state index contributed by atoms with van der Waals surface area (Å²) in [6, 6.07) is 4.47. The Balaban J connectivity index is 2.28. The maximum Gasteiger partial charge on any atom is 0.254 e. The van der Waals surface area contributed by atoms with Gasteiger partial charge in [0.2, 0.25) is 5.28 Å². The lowest BCUT2D eigenvalue weighted by Gasteiger charge is -2.12. The van der Waals surface area contributed by atoms with Crippen LogP contribution >= 0.6 is 11.6 Å². The van der Waals surface area contributed by atoms with Gasteiger partial charge in [-0.2, -0.15) is 4.98 Å². The van der Waals surface area contributed by atoms with Crippen molar-refractivity contribution in [1.29, 1.82) is 0 Å². The molecule has 6 nitrogen and oxygen atoms in total. The number of carbonyl (C=O) groups is 1. The molecule has 1 amide bonds. The monoisotopic (exact) mass is 310 g/mol. The van der Waals surface area contributed by atoms with Crippen LogP contribution in [0.4, 0.5) is 10.2 Å². The highest BCUT2D eigenvalue weighted by Gasteiger charge is 2.14. The summed E-state index contributed by atoms with van der Waals surface area (Å²) in [5.41, 5.74) is 5.58. The number of aromatic nitrogens is 2. The van der Waals surface area contributed by atoms with Crippen molar-refractivity contribution in [2.45, 2.75) is 6.54 Å². The number of nitrogens with zero attached hydrogens (tertiary/aromatic N) is 2. The van der Waals surface area contributed by atoms with Crippen LogP contribution in [0, 0.1) is 5.82 Å². The molecule has 0 aliphatic rings. The number of carbonyl (C=O) groups excluding carboxylic acids is 1. The van der Waals surface area contributed by atoms with E-state index in [2.05, 4.69) is 15.3 Å². The number of anilines is 1. The van der Waals surface area contributed by atoms with Crippen LogP contribution in [-0.4, -0.2) is 23.0 Å². The molecule has 1 aromatic carbocycles. The van der Waals surface area contributed by atoms with E-state index < -0.39 is 11.7 Å². The summed E-state index contributed by atoms with van der Waals surface area (Å²) in [4.78, 5) is 18.9. The molecule has 0 unspecified atom stereocenters. The van der Waals surface area contributed by atoms with Gasteiger partial charge >= 0.3 is 0 Å². The van der Waals surface area contributed by atoms with Gasteiger partial charge in [0.1, 0.15) is 17.4 Å². The minimum atomic E-state index is -0.713. The predicted molar refractivity (Wildman–Crippen MR) is 75.8 cm³/mol. The summed E-state index contributed by atoms with van der Waals surface area (Å²) in [5.74, 6) is -0.645. The zero-order valence-electron chi connectivity index (χ0n) is 11.1. The molecule has 0 fully saturated rings. The molecule has 0 radical (unpaired) electrons. The molecule has 0 saturated heterocycles. The molecule has 2 rings (SSSR count). The molecule has 2 aromatic rings. The lowest BCUT2D eigenvalue weighted by molar-refractivity contribution is 0.100. The number of hydrogen-bond donors (Lipinski definition) is 2. The van der Waals surface area contributed by atoms with Crippen molar-refractivity contribution in [3.63, 3.8) is 0 Å². The Kier molecular flexibility index (Phi) is 4.54. The van der Waals surface area contributed by atoms with Crippen LogP contribution in [0.25, 0.3) is 0 Å². The average Bonchev–Trinajstić information content (AvgIpc) is 2.45. The van der Waals surface area contributed by atoms with Gasteiger partial charge in [-0.05, 0) is 23.7 Å². The number of benzene rings is 1. The van der Waals surface area contributed by atoms with Crippen molar-refractivity contribution in [1.82, 2.24) is 9.97 Å². The normalized spacial score (nSPS) is 10.2. The molecular weight excluding hydrogens is 299 g/mol. The number of ether oxygens (including phenoxy) is 1. The van der Waals surface area contributed by atoms with Crippen molar-refractivity contribution in [2.24, 2.45) is 5.73 Å². The number of hydrogen-bond acceptors (Lipinski definition) is 5. The zero-order chi connectivity index (χ0) is 15.4. The quantitative estimate of drug-likeness (QED) is 0.824. The third-order valence-corrected chi connectivity index (χ3v) is 2.94. The molecule has 1 aromatic heterocycles. The van der Waals surface area contributed by atoms with Crippen LogP contribution in [0.2, 0.25) is 5.28 Å². The first-order chi connectivity index (χ1) is 10.0. The van der Waals surface area contributed by atoms with Gasteiger partial charge in [-0.1, -0.05) is 6.07 Å². The van der Waals surface area contributed by atoms with E-state index in [0.29, 0.717) is 11.3 Å². The second-order valence-electron chi connectivity index (χ2n) is 4.04. The second-order valence-corrected chi connectivity index (χ2v) is 4.38. The van der Waals surface area contributed by atoms with Gasteiger partial charge in [-0.3, -0.25) is 4.79 Å². The fraction of sp³-hybridized carbons (Fsp3) is 0.154. The molecule has 0 spiro atoms. The van der Waals surface area contributed by atoms with E-state index in [-0.39, 0.29) is 23.2 Å². The number of nitrogens with two attached hydrogens (primary N) is 1. The van der Waals surface area contributed by atoms with Crippen molar-refractivity contribution in [2.75, 3.05) is 12.4 Å². The molecule has 3 N–H and O–H groups in total. The summed E-state index contributed by atoms with van der Waals surface area (Å²) in [5, 5.41) is 2.76. The summed E-state index contributed by atoms with van der Waals surface area (Å²) in [7, 11) is 1.44. The van der Waals surface area contributed by atoms with Crippen LogP contribution < -0.4 is 15.8 Å². The van der Waals surface area contributed by atoms with Gasteiger partial charge in [0, 0.05) is 18.3 Å². The molecule has 0 aliphatic heterocycles. The fourth-order valence-electron chi connectivity index (χ4n) is 1.75. The first kappa shape index (κ1) is 15.0. The van der Waals surface area contributed by atoms with Crippen LogP contribution in [0.5, 0.6) is 5.75 Å². The van der Waals surface area contributed by atoms with E-state index in [1.54, 1.807) is 6.07 Å². The van der Waals surface area contributed by atoms with Gasteiger partial charge in [-0.25, -0.2) is 9.37 Å². The Morgan fingerprint density at radius 2 is 2.29 bits per heavy atom. The van der Waals surface area contributed by atoms with Crippen LogP contribution in [0.3, 0.4) is 0 Å². The van der Waals surface area contributed by atoms with E-state index in [0.717, 1.165) is 0 Å². The summed E-state index contributed by atoms with van der Waals surface area (Å²) in [6.07, 6.45) is 1.21. The number of methoxy groups -OCH3 is 1. The maximum atomic E-state index is 13.8. The van der Waals surface area contributed by atoms with Crippen LogP contribution in [0.15, 0.2) is 24.4 Å². The minimum absolute atomic E-state index is 0.0451. The van der Waals surface area contributed by atoms with E-state index in [9.17, 15) is 9.18 Å². The lowest BCUT2D eigenvalue weighted by Crippen LogP contribution is -2.16. The Bertz CT molecular complexity index is 681. The number of nitrogens with one attached hydrogen (secondary N) is 1.